The average molecular weight is 390 g/mol. The van der Waals surface area contributed by atoms with Crippen LogP contribution in [0.2, 0.25) is 0 Å². The molecule has 0 atom stereocenters. The van der Waals surface area contributed by atoms with E-state index in [-0.39, 0.29) is 0 Å². The lowest BCUT2D eigenvalue weighted by molar-refractivity contribution is 0.990. The van der Waals surface area contributed by atoms with Crippen LogP contribution in [0.1, 0.15) is 12.6 Å². The first-order valence-corrected chi connectivity index (χ1v) is 7.90. The number of nitrogens with zero attached hydrogens (tertiary/aromatic N) is 3. The van der Waals surface area contributed by atoms with Gasteiger partial charge in [0, 0.05) is 24.2 Å². The summed E-state index contributed by atoms with van der Waals surface area (Å²) in [6.07, 6.45) is 2.69. The number of aryl methyl sites for hydroxylation is 1. The molecule has 1 N–H and O–H groups in total. The molecule has 4 nitrogen and oxygen atoms in total. The van der Waals surface area contributed by atoms with Crippen LogP contribution >= 0.6 is 22.6 Å². The van der Waals surface area contributed by atoms with Gasteiger partial charge in [-0.15, -0.1) is 0 Å². The van der Waals surface area contributed by atoms with Gasteiger partial charge in [-0.1, -0.05) is 25.1 Å². The normalized spacial score (nSPS) is 10.8. The van der Waals surface area contributed by atoms with Crippen LogP contribution in [0, 0.1) is 3.57 Å². The van der Waals surface area contributed by atoms with E-state index in [9.17, 15) is 0 Å². The summed E-state index contributed by atoms with van der Waals surface area (Å²) < 4.78 is 1.08. The quantitative estimate of drug-likeness (QED) is 0.690. The van der Waals surface area contributed by atoms with Gasteiger partial charge in [-0.3, -0.25) is 4.98 Å². The largest absolute Gasteiger partial charge is 0.372 e. The second-order valence-electron chi connectivity index (χ2n) is 4.64. The van der Waals surface area contributed by atoms with Gasteiger partial charge in [-0.2, -0.15) is 0 Å². The number of nitrogens with one attached hydrogen (secondary N) is 1. The number of pyridine rings is 1. The smallest absolute Gasteiger partial charge is 0.162 e. The second kappa shape index (κ2) is 5.93. The van der Waals surface area contributed by atoms with Crippen LogP contribution in [0.25, 0.3) is 22.3 Å². The van der Waals surface area contributed by atoms with Crippen molar-refractivity contribution in [3.63, 3.8) is 0 Å². The van der Waals surface area contributed by atoms with Crippen LogP contribution < -0.4 is 5.32 Å². The first-order chi connectivity index (χ1) is 10.2. The van der Waals surface area contributed by atoms with Gasteiger partial charge in [0.15, 0.2) is 5.82 Å². The van der Waals surface area contributed by atoms with E-state index < -0.39 is 0 Å². The van der Waals surface area contributed by atoms with Crippen molar-refractivity contribution in [1.82, 2.24) is 15.0 Å². The van der Waals surface area contributed by atoms with Gasteiger partial charge in [0.2, 0.25) is 0 Å². The Kier molecular flexibility index (Phi) is 4.01. The van der Waals surface area contributed by atoms with Crippen LogP contribution in [0.15, 0.2) is 36.5 Å². The predicted octanol–water partition coefficient (Wildman–Crippen LogP) is 3.90. The molecule has 2 heterocycles. The number of rotatable bonds is 3. The number of aromatic nitrogens is 3. The molecular formula is C16H15IN4. The van der Waals surface area contributed by atoms with E-state index in [4.69, 9.17) is 4.98 Å². The molecule has 0 aliphatic heterocycles. The van der Waals surface area contributed by atoms with Crippen LogP contribution in [0.3, 0.4) is 0 Å². The Morgan fingerprint density at radius 1 is 1.14 bits per heavy atom. The van der Waals surface area contributed by atoms with Crippen molar-refractivity contribution in [2.45, 2.75) is 13.3 Å². The highest BCUT2D eigenvalue weighted by Gasteiger charge is 2.13. The van der Waals surface area contributed by atoms with E-state index in [1.807, 2.05) is 37.5 Å². The van der Waals surface area contributed by atoms with Gasteiger partial charge in [-0.05, 0) is 41.1 Å². The number of halogens is 1. The highest BCUT2D eigenvalue weighted by molar-refractivity contribution is 14.1. The molecule has 0 saturated carbocycles. The number of benzene rings is 1. The van der Waals surface area contributed by atoms with Gasteiger partial charge in [0.25, 0.3) is 0 Å². The SMILES string of the molecule is CCc1nc(-c2ccnc3ccccc23)nc(NC)c1I. The topological polar surface area (TPSA) is 50.7 Å². The minimum absolute atomic E-state index is 0.746. The Labute approximate surface area is 137 Å². The third-order valence-corrected chi connectivity index (χ3v) is 4.51. The average Bonchev–Trinajstić information content (AvgIpc) is 2.54. The molecule has 0 spiro atoms. The van der Waals surface area contributed by atoms with E-state index in [0.29, 0.717) is 0 Å². The summed E-state index contributed by atoms with van der Waals surface area (Å²) in [5.41, 5.74) is 3.04. The maximum atomic E-state index is 4.73. The Bertz CT molecular complexity index is 771. The molecule has 0 saturated heterocycles. The zero-order valence-electron chi connectivity index (χ0n) is 11.9. The fourth-order valence-electron chi connectivity index (χ4n) is 2.30. The maximum Gasteiger partial charge on any atom is 0.162 e. The zero-order chi connectivity index (χ0) is 14.8. The van der Waals surface area contributed by atoms with E-state index >= 15 is 0 Å². The van der Waals surface area contributed by atoms with Gasteiger partial charge in [0.05, 0.1) is 14.8 Å². The van der Waals surface area contributed by atoms with Crippen molar-refractivity contribution < 1.29 is 0 Å². The Hall–Kier alpha value is -1.76. The Balaban J connectivity index is 2.28. The van der Waals surface area contributed by atoms with Crippen molar-refractivity contribution in [2.75, 3.05) is 12.4 Å². The number of fused-ring (bicyclic) bond motifs is 1. The molecule has 0 unspecified atom stereocenters. The maximum absolute atomic E-state index is 4.73. The molecule has 0 fully saturated rings. The van der Waals surface area contributed by atoms with Crippen LogP contribution in [0.5, 0.6) is 0 Å². The minimum Gasteiger partial charge on any atom is -0.372 e. The highest BCUT2D eigenvalue weighted by atomic mass is 127. The zero-order valence-corrected chi connectivity index (χ0v) is 14.0. The Morgan fingerprint density at radius 2 is 1.95 bits per heavy atom. The summed E-state index contributed by atoms with van der Waals surface area (Å²) in [6, 6.07) is 10.0. The molecule has 3 aromatic rings. The highest BCUT2D eigenvalue weighted by Crippen LogP contribution is 2.28. The molecule has 2 aromatic heterocycles. The lowest BCUT2D eigenvalue weighted by Crippen LogP contribution is -2.05. The van der Waals surface area contributed by atoms with Gasteiger partial charge in [-0.25, -0.2) is 9.97 Å². The molecule has 5 heteroatoms. The summed E-state index contributed by atoms with van der Waals surface area (Å²) in [7, 11) is 1.89. The number of para-hydroxylation sites is 1. The van der Waals surface area contributed by atoms with Crippen LogP contribution in [-0.4, -0.2) is 22.0 Å². The molecule has 1 aromatic carbocycles. The summed E-state index contributed by atoms with van der Waals surface area (Å²) in [5.74, 6) is 1.62. The first kappa shape index (κ1) is 14.2. The van der Waals surface area contributed by atoms with Gasteiger partial charge >= 0.3 is 0 Å². The van der Waals surface area contributed by atoms with Gasteiger partial charge in [0.1, 0.15) is 5.82 Å². The minimum atomic E-state index is 0.746. The third kappa shape index (κ3) is 2.57. The molecule has 21 heavy (non-hydrogen) atoms. The fraction of sp³-hybridized carbons (Fsp3) is 0.188. The second-order valence-corrected chi connectivity index (χ2v) is 5.71. The van der Waals surface area contributed by atoms with Crippen molar-refractivity contribution >= 4 is 39.3 Å². The molecule has 0 bridgehead atoms. The number of hydrogen-bond acceptors (Lipinski definition) is 4. The molecular weight excluding hydrogens is 375 g/mol. The summed E-state index contributed by atoms with van der Waals surface area (Å²) >= 11 is 2.30. The van der Waals surface area contributed by atoms with Gasteiger partial charge < -0.3 is 5.32 Å². The summed E-state index contributed by atoms with van der Waals surface area (Å²) in [5, 5.41) is 4.23. The summed E-state index contributed by atoms with van der Waals surface area (Å²) in [6.45, 7) is 2.11. The standard InChI is InChI=1S/C16H15IN4/c1-3-12-14(17)16(18-2)21-15(20-12)11-8-9-19-13-7-5-4-6-10(11)13/h4-9H,3H2,1-2H3,(H,18,20,21). The van der Waals surface area contributed by atoms with Crippen molar-refractivity contribution in [1.29, 1.82) is 0 Å². The monoisotopic (exact) mass is 390 g/mol. The summed E-state index contributed by atoms with van der Waals surface area (Å²) in [4.78, 5) is 13.8. The molecule has 0 amide bonds. The number of hydrogen-bond donors (Lipinski definition) is 1. The molecule has 0 radical (unpaired) electrons. The molecule has 106 valence electrons. The fourth-order valence-corrected chi connectivity index (χ4v) is 3.20. The van der Waals surface area contributed by atoms with Crippen LogP contribution in [-0.2, 0) is 6.42 Å². The van der Waals surface area contributed by atoms with E-state index in [1.165, 1.54) is 0 Å². The Morgan fingerprint density at radius 3 is 2.71 bits per heavy atom. The third-order valence-electron chi connectivity index (χ3n) is 3.38. The van der Waals surface area contributed by atoms with Crippen molar-refractivity contribution in [2.24, 2.45) is 0 Å². The lowest BCUT2D eigenvalue weighted by Gasteiger charge is -2.11. The van der Waals surface area contributed by atoms with E-state index in [1.54, 1.807) is 0 Å². The van der Waals surface area contributed by atoms with E-state index in [2.05, 4.69) is 50.9 Å². The molecule has 0 aliphatic rings. The first-order valence-electron chi connectivity index (χ1n) is 6.83. The van der Waals surface area contributed by atoms with Crippen LogP contribution in [0.4, 0.5) is 5.82 Å². The van der Waals surface area contributed by atoms with Crippen molar-refractivity contribution in [3.8, 4) is 11.4 Å². The van der Waals surface area contributed by atoms with E-state index in [0.717, 1.165) is 43.8 Å². The number of anilines is 1. The molecule has 0 aliphatic carbocycles. The van der Waals surface area contributed by atoms with Crippen molar-refractivity contribution in [3.05, 3.63) is 45.8 Å². The molecule has 3 rings (SSSR count). The predicted molar refractivity (Wildman–Crippen MR) is 94.4 cm³/mol. The lowest BCUT2D eigenvalue weighted by atomic mass is 10.1.